The van der Waals surface area contributed by atoms with Crippen LogP contribution in [0.4, 0.5) is 23.2 Å². The number of nitriles is 4. The fourth-order valence-electron chi connectivity index (χ4n) is 1.05. The molecule has 0 fully saturated rings. The van der Waals surface area contributed by atoms with Gasteiger partial charge in [0.2, 0.25) is 0 Å². The summed E-state index contributed by atoms with van der Waals surface area (Å²) in [6, 6.07) is 7.17. The molecule has 0 spiro atoms. The van der Waals surface area contributed by atoms with Crippen LogP contribution in [0.25, 0.3) is 0 Å². The summed E-state index contributed by atoms with van der Waals surface area (Å²) in [5, 5.41) is 34.4. The van der Waals surface area contributed by atoms with Crippen molar-refractivity contribution in [1.82, 2.24) is 0 Å². The first-order chi connectivity index (χ1) is 7.19. The van der Waals surface area contributed by atoms with Crippen LogP contribution < -0.4 is 0 Å². The van der Waals surface area contributed by atoms with E-state index < -0.39 is 16.9 Å². The summed E-state index contributed by atoms with van der Waals surface area (Å²) >= 11 is 0. The van der Waals surface area contributed by atoms with Crippen LogP contribution >= 0.6 is 0 Å². The Morgan fingerprint density at radius 3 is 1.21 bits per heavy atom. The average Bonchev–Trinajstić information content (AvgIpc) is 2.27. The van der Waals surface area contributed by atoms with E-state index in [1.807, 2.05) is 0 Å². The van der Waals surface area contributed by atoms with Gasteiger partial charge in [0.25, 0.3) is 0 Å². The molecule has 0 amide bonds. The molecule has 100 valence electrons. The summed E-state index contributed by atoms with van der Waals surface area (Å²) in [7, 11) is 0. The maximum absolute atomic E-state index is 13.4. The normalized spacial score (nSPS) is 6.37. The summed E-state index contributed by atoms with van der Waals surface area (Å²) in [5.74, 6) is -1.12. The van der Waals surface area contributed by atoms with Gasteiger partial charge < -0.3 is 0 Å². The van der Waals surface area contributed by atoms with Gasteiger partial charge in [-0.3, -0.25) is 18.8 Å². The monoisotopic (exact) mass is 276 g/mol. The molecule has 0 atom stereocenters. The van der Waals surface area contributed by atoms with E-state index in [1.165, 1.54) is 12.1 Å². The van der Waals surface area contributed by atoms with E-state index in [1.54, 1.807) is 12.1 Å². The predicted octanol–water partition coefficient (Wildman–Crippen LogP) is 1.92. The van der Waals surface area contributed by atoms with Gasteiger partial charge in [-0.15, -0.1) is 0 Å². The number of nitrogens with zero attached hydrogens (tertiary/aromatic N) is 4. The average molecular weight is 276 g/mol. The Hall–Kier alpha value is -3.17. The largest absolute Gasteiger partial charge is 0.269 e. The molecule has 4 nitrogen and oxygen atoms in total. The second kappa shape index (κ2) is 10.0. The third kappa shape index (κ3) is 3.96. The van der Waals surface area contributed by atoms with Crippen LogP contribution in [0, 0.1) is 51.1 Å². The molecule has 0 aliphatic carbocycles. The SMILES string of the molecule is F.F.F.F.N#Cc1cc(C#N)c(C#N)c(F)c1C#N. The van der Waals surface area contributed by atoms with Crippen molar-refractivity contribution >= 4 is 0 Å². The first kappa shape index (κ1) is 24.9. The molecule has 0 heterocycles. The van der Waals surface area contributed by atoms with Gasteiger partial charge in [-0.25, -0.2) is 4.39 Å². The van der Waals surface area contributed by atoms with Crippen molar-refractivity contribution in [1.29, 1.82) is 21.0 Å². The summed E-state index contributed by atoms with van der Waals surface area (Å²) in [5.41, 5.74) is -1.50. The first-order valence-electron chi connectivity index (χ1n) is 3.66. The Morgan fingerprint density at radius 1 is 0.684 bits per heavy atom. The van der Waals surface area contributed by atoms with Crippen LogP contribution in [-0.2, 0) is 0 Å². The van der Waals surface area contributed by atoms with Crippen LogP contribution in [0.1, 0.15) is 22.3 Å². The summed E-state index contributed by atoms with van der Waals surface area (Å²) < 4.78 is 13.4. The Bertz CT molecular complexity index is 551. The maximum Gasteiger partial charge on any atom is 0.161 e. The van der Waals surface area contributed by atoms with Crippen LogP contribution in [0.3, 0.4) is 0 Å². The van der Waals surface area contributed by atoms with E-state index in [2.05, 4.69) is 0 Å². The third-order valence-corrected chi connectivity index (χ3v) is 1.73. The van der Waals surface area contributed by atoms with Gasteiger partial charge in [-0.1, -0.05) is 0 Å². The number of halogens is 5. The van der Waals surface area contributed by atoms with Crippen LogP contribution in [0.2, 0.25) is 0 Å². The van der Waals surface area contributed by atoms with Crippen molar-refractivity contribution in [2.24, 2.45) is 0 Å². The van der Waals surface area contributed by atoms with Gasteiger partial charge in [-0.05, 0) is 6.07 Å². The van der Waals surface area contributed by atoms with Gasteiger partial charge in [0.05, 0.1) is 11.1 Å². The number of benzene rings is 1. The molecular weight excluding hydrogens is 271 g/mol. The third-order valence-electron chi connectivity index (χ3n) is 1.73. The molecule has 19 heavy (non-hydrogen) atoms. The van der Waals surface area contributed by atoms with Crippen molar-refractivity contribution < 1.29 is 23.2 Å². The zero-order valence-corrected chi connectivity index (χ0v) is 8.88. The molecule has 0 saturated carbocycles. The molecule has 1 aromatic carbocycles. The minimum atomic E-state index is -1.12. The topological polar surface area (TPSA) is 95.2 Å². The summed E-state index contributed by atoms with van der Waals surface area (Å²) in [6.45, 7) is 0. The van der Waals surface area contributed by atoms with Crippen molar-refractivity contribution in [3.05, 3.63) is 34.1 Å². The van der Waals surface area contributed by atoms with Gasteiger partial charge in [0, 0.05) is 0 Å². The lowest BCUT2D eigenvalue weighted by Crippen LogP contribution is -1.98. The Labute approximate surface area is 104 Å². The number of hydrogen-bond donors (Lipinski definition) is 0. The molecule has 0 aliphatic rings. The minimum Gasteiger partial charge on any atom is -0.269 e. The number of rotatable bonds is 0. The van der Waals surface area contributed by atoms with E-state index in [0.29, 0.717) is 0 Å². The fourth-order valence-corrected chi connectivity index (χ4v) is 1.05. The van der Waals surface area contributed by atoms with Gasteiger partial charge >= 0.3 is 0 Å². The first-order valence-corrected chi connectivity index (χ1v) is 3.66. The quantitative estimate of drug-likeness (QED) is 0.676. The molecule has 0 bridgehead atoms. The van der Waals surface area contributed by atoms with Gasteiger partial charge in [0.15, 0.2) is 5.82 Å². The molecule has 0 unspecified atom stereocenters. The van der Waals surface area contributed by atoms with E-state index >= 15 is 0 Å². The molecule has 1 rings (SSSR count). The molecular formula is C10H5F5N4. The van der Waals surface area contributed by atoms with Gasteiger partial charge in [0.1, 0.15) is 35.4 Å². The minimum absolute atomic E-state index is 0. The molecule has 1 aromatic rings. The lowest BCUT2D eigenvalue weighted by atomic mass is 10.00. The van der Waals surface area contributed by atoms with Gasteiger partial charge in [-0.2, -0.15) is 21.0 Å². The van der Waals surface area contributed by atoms with E-state index in [4.69, 9.17) is 21.0 Å². The van der Waals surface area contributed by atoms with Crippen LogP contribution in [-0.4, -0.2) is 0 Å². The summed E-state index contributed by atoms with van der Waals surface area (Å²) in [6.07, 6.45) is 0. The maximum atomic E-state index is 13.4. The second-order valence-electron chi connectivity index (χ2n) is 2.48. The Kier molecular flexibility index (Phi) is 13.1. The lowest BCUT2D eigenvalue weighted by Gasteiger charge is -2.00. The molecule has 9 heteroatoms. The molecule has 0 aromatic heterocycles. The van der Waals surface area contributed by atoms with Crippen LogP contribution in [0.5, 0.6) is 0 Å². The lowest BCUT2D eigenvalue weighted by molar-refractivity contribution is 0.619. The second-order valence-corrected chi connectivity index (χ2v) is 2.48. The van der Waals surface area contributed by atoms with Crippen LogP contribution in [0.15, 0.2) is 6.07 Å². The molecule has 0 saturated heterocycles. The summed E-state index contributed by atoms with van der Waals surface area (Å²) in [4.78, 5) is 0. The van der Waals surface area contributed by atoms with Crippen molar-refractivity contribution in [3.8, 4) is 24.3 Å². The van der Waals surface area contributed by atoms with Crippen molar-refractivity contribution in [2.45, 2.75) is 0 Å². The zero-order valence-electron chi connectivity index (χ0n) is 8.88. The highest BCUT2D eigenvalue weighted by molar-refractivity contribution is 5.58. The molecule has 0 aliphatic heterocycles. The predicted molar refractivity (Wildman–Crippen MR) is 55.3 cm³/mol. The Morgan fingerprint density at radius 2 is 1.00 bits per heavy atom. The highest BCUT2D eigenvalue weighted by atomic mass is 19.1. The fraction of sp³-hybridized carbons (Fsp3) is 0. The smallest absolute Gasteiger partial charge is 0.161 e. The molecule has 0 radical (unpaired) electrons. The van der Waals surface area contributed by atoms with E-state index in [0.717, 1.165) is 6.07 Å². The molecule has 0 N–H and O–H groups in total. The highest BCUT2D eigenvalue weighted by Crippen LogP contribution is 2.20. The highest BCUT2D eigenvalue weighted by Gasteiger charge is 2.17. The number of hydrogen-bond acceptors (Lipinski definition) is 4. The van der Waals surface area contributed by atoms with Crippen molar-refractivity contribution in [3.63, 3.8) is 0 Å². The Balaban J connectivity index is -0.000000281. The standard InChI is InChI=1S/C10HFN4.4FH/c11-10-8(4-14)6(2-12)1-7(3-13)9(10)5-15;;;;/h1H;4*1H. The van der Waals surface area contributed by atoms with Crippen molar-refractivity contribution in [2.75, 3.05) is 0 Å². The van der Waals surface area contributed by atoms with E-state index in [9.17, 15) is 4.39 Å². The van der Waals surface area contributed by atoms with E-state index in [-0.39, 0.29) is 29.9 Å². The zero-order chi connectivity index (χ0) is 11.4.